The number of hydrogen-bond donors (Lipinski definition) is 2. The quantitative estimate of drug-likeness (QED) is 0.423. The predicted octanol–water partition coefficient (Wildman–Crippen LogP) is 5.92. The fourth-order valence-corrected chi connectivity index (χ4v) is 3.73. The second kappa shape index (κ2) is 8.14. The van der Waals surface area contributed by atoms with Crippen LogP contribution >= 0.6 is 0 Å². The number of nitrogens with zero attached hydrogens (tertiary/aromatic N) is 2. The highest BCUT2D eigenvalue weighted by Gasteiger charge is 2.17. The van der Waals surface area contributed by atoms with Crippen molar-refractivity contribution in [3.63, 3.8) is 0 Å². The lowest BCUT2D eigenvalue weighted by molar-refractivity contribution is 0.0698. The van der Waals surface area contributed by atoms with Gasteiger partial charge >= 0.3 is 5.97 Å². The van der Waals surface area contributed by atoms with E-state index in [9.17, 15) is 14.3 Å². The Bertz CT molecular complexity index is 1290. The Labute approximate surface area is 179 Å². The van der Waals surface area contributed by atoms with Crippen LogP contribution < -0.4 is 5.32 Å². The molecular weight excluding hydrogens is 393 g/mol. The molecule has 0 spiro atoms. The second-order valence-electron chi connectivity index (χ2n) is 7.60. The largest absolute Gasteiger partial charge is 0.478 e. The molecule has 0 amide bonds. The number of carboxylic acids is 1. The fourth-order valence-electron chi connectivity index (χ4n) is 3.73. The van der Waals surface area contributed by atoms with Gasteiger partial charge in [0.1, 0.15) is 5.82 Å². The molecule has 0 fully saturated rings. The van der Waals surface area contributed by atoms with E-state index < -0.39 is 5.97 Å². The molecule has 3 aromatic carbocycles. The Morgan fingerprint density at radius 1 is 1.03 bits per heavy atom. The number of carboxylic acid groups (broad SMARTS) is 1. The highest BCUT2D eigenvalue weighted by Crippen LogP contribution is 2.30. The maximum absolute atomic E-state index is 13.3. The van der Waals surface area contributed by atoms with E-state index in [2.05, 4.69) is 5.32 Å². The van der Waals surface area contributed by atoms with E-state index in [0.29, 0.717) is 11.4 Å². The normalized spacial score (nSPS) is 12.0. The topological polar surface area (TPSA) is 75.1 Å². The summed E-state index contributed by atoms with van der Waals surface area (Å²) in [6.07, 6.45) is 0. The van der Waals surface area contributed by atoms with Gasteiger partial charge < -0.3 is 10.4 Å². The summed E-state index contributed by atoms with van der Waals surface area (Å²) in [5.74, 6) is -1.28. The van der Waals surface area contributed by atoms with Gasteiger partial charge in [-0.15, -0.1) is 0 Å². The zero-order valence-electron chi connectivity index (χ0n) is 17.5. The SMILES string of the molecule is Cc1cc(C(C)Nc2ccccc2C(=O)O)c2nc(C)c(-c3ccc(F)cc3)nc2c1. The zero-order valence-corrected chi connectivity index (χ0v) is 17.5. The van der Waals surface area contributed by atoms with Crippen LogP contribution in [0.4, 0.5) is 10.1 Å². The molecule has 4 aromatic rings. The maximum atomic E-state index is 13.3. The molecule has 5 nitrogen and oxygen atoms in total. The molecule has 1 atom stereocenters. The van der Waals surface area contributed by atoms with Gasteiger partial charge in [0.25, 0.3) is 0 Å². The minimum Gasteiger partial charge on any atom is -0.478 e. The van der Waals surface area contributed by atoms with Crippen LogP contribution in [-0.2, 0) is 0 Å². The van der Waals surface area contributed by atoms with E-state index >= 15 is 0 Å². The van der Waals surface area contributed by atoms with Crippen LogP contribution in [0.25, 0.3) is 22.3 Å². The Balaban J connectivity index is 1.79. The minimum atomic E-state index is -0.982. The molecule has 31 heavy (non-hydrogen) atoms. The summed E-state index contributed by atoms with van der Waals surface area (Å²) in [5.41, 5.74) is 6.45. The number of aromatic carboxylic acids is 1. The molecule has 0 saturated heterocycles. The van der Waals surface area contributed by atoms with Gasteiger partial charge in [0.2, 0.25) is 0 Å². The summed E-state index contributed by atoms with van der Waals surface area (Å²) in [6.45, 7) is 5.84. The van der Waals surface area contributed by atoms with E-state index in [1.54, 1.807) is 36.4 Å². The number of halogens is 1. The van der Waals surface area contributed by atoms with Crippen LogP contribution in [0, 0.1) is 19.7 Å². The van der Waals surface area contributed by atoms with Crippen molar-refractivity contribution < 1.29 is 14.3 Å². The van der Waals surface area contributed by atoms with E-state index in [-0.39, 0.29) is 17.4 Å². The van der Waals surface area contributed by atoms with Gasteiger partial charge in [-0.2, -0.15) is 0 Å². The van der Waals surface area contributed by atoms with Crippen LogP contribution in [0.5, 0.6) is 0 Å². The first kappa shape index (κ1) is 20.5. The Kier molecular flexibility index (Phi) is 5.38. The lowest BCUT2D eigenvalue weighted by Gasteiger charge is -2.20. The first-order chi connectivity index (χ1) is 14.8. The number of anilines is 1. The zero-order chi connectivity index (χ0) is 22.1. The third kappa shape index (κ3) is 4.10. The van der Waals surface area contributed by atoms with Crippen molar-refractivity contribution in [3.8, 4) is 11.3 Å². The van der Waals surface area contributed by atoms with Crippen LogP contribution in [-0.4, -0.2) is 21.0 Å². The third-order valence-corrected chi connectivity index (χ3v) is 5.23. The maximum Gasteiger partial charge on any atom is 0.337 e. The number of fused-ring (bicyclic) bond motifs is 1. The van der Waals surface area contributed by atoms with E-state index in [0.717, 1.165) is 33.4 Å². The van der Waals surface area contributed by atoms with Crippen molar-refractivity contribution in [2.75, 3.05) is 5.32 Å². The van der Waals surface area contributed by atoms with Gasteiger partial charge in [-0.25, -0.2) is 19.2 Å². The summed E-state index contributed by atoms with van der Waals surface area (Å²) < 4.78 is 13.3. The van der Waals surface area contributed by atoms with Crippen molar-refractivity contribution in [2.45, 2.75) is 26.8 Å². The summed E-state index contributed by atoms with van der Waals surface area (Å²) in [7, 11) is 0. The van der Waals surface area contributed by atoms with Gasteiger partial charge in [0.15, 0.2) is 0 Å². The van der Waals surface area contributed by atoms with Crippen LogP contribution in [0.15, 0.2) is 60.7 Å². The van der Waals surface area contributed by atoms with E-state index in [1.165, 1.54) is 12.1 Å². The molecule has 0 aliphatic carbocycles. The standard InChI is InChI=1S/C25H22FN3O2/c1-14-12-20(15(2)27-21-7-5-4-6-19(21)25(30)31)24-22(13-14)29-23(16(3)28-24)17-8-10-18(26)11-9-17/h4-13,15,27H,1-3H3,(H,30,31). The molecule has 0 radical (unpaired) electrons. The molecule has 4 rings (SSSR count). The number of para-hydroxylation sites is 1. The summed E-state index contributed by atoms with van der Waals surface area (Å²) in [5, 5.41) is 12.8. The lowest BCUT2D eigenvalue weighted by Crippen LogP contribution is -2.12. The molecule has 0 aliphatic rings. The van der Waals surface area contributed by atoms with Gasteiger partial charge in [0, 0.05) is 16.8 Å². The minimum absolute atomic E-state index is 0.201. The van der Waals surface area contributed by atoms with Crippen molar-refractivity contribution in [1.82, 2.24) is 9.97 Å². The average Bonchev–Trinajstić information content (AvgIpc) is 2.74. The summed E-state index contributed by atoms with van der Waals surface area (Å²) in [6, 6.07) is 16.8. The van der Waals surface area contributed by atoms with Gasteiger partial charge in [-0.1, -0.05) is 18.2 Å². The van der Waals surface area contributed by atoms with Crippen LogP contribution in [0.1, 0.15) is 40.1 Å². The highest BCUT2D eigenvalue weighted by molar-refractivity contribution is 5.94. The summed E-state index contributed by atoms with van der Waals surface area (Å²) >= 11 is 0. The second-order valence-corrected chi connectivity index (χ2v) is 7.60. The van der Waals surface area contributed by atoms with E-state index in [1.807, 2.05) is 32.9 Å². The number of aromatic nitrogens is 2. The Morgan fingerprint density at radius 3 is 2.45 bits per heavy atom. The number of nitrogens with one attached hydrogen (secondary N) is 1. The van der Waals surface area contributed by atoms with Crippen LogP contribution in [0.2, 0.25) is 0 Å². The number of benzene rings is 3. The first-order valence-electron chi connectivity index (χ1n) is 9.97. The number of hydrogen-bond acceptors (Lipinski definition) is 4. The van der Waals surface area contributed by atoms with Gasteiger partial charge in [-0.3, -0.25) is 0 Å². The van der Waals surface area contributed by atoms with Crippen LogP contribution in [0.3, 0.4) is 0 Å². The molecule has 0 aliphatic heterocycles. The number of carbonyl (C=O) groups is 1. The summed E-state index contributed by atoms with van der Waals surface area (Å²) in [4.78, 5) is 21.2. The smallest absolute Gasteiger partial charge is 0.337 e. The van der Waals surface area contributed by atoms with Crippen molar-refractivity contribution >= 4 is 22.7 Å². The van der Waals surface area contributed by atoms with Gasteiger partial charge in [0.05, 0.1) is 34.0 Å². The van der Waals surface area contributed by atoms with Crippen molar-refractivity contribution in [1.29, 1.82) is 0 Å². The average molecular weight is 415 g/mol. The molecule has 2 N–H and O–H groups in total. The van der Waals surface area contributed by atoms with Crippen molar-refractivity contribution in [2.24, 2.45) is 0 Å². The molecule has 0 saturated carbocycles. The van der Waals surface area contributed by atoms with Gasteiger partial charge in [-0.05, 0) is 68.8 Å². The number of aryl methyl sites for hydroxylation is 2. The van der Waals surface area contributed by atoms with Crippen molar-refractivity contribution in [3.05, 3.63) is 88.9 Å². The first-order valence-corrected chi connectivity index (χ1v) is 9.97. The lowest BCUT2D eigenvalue weighted by atomic mass is 10.0. The predicted molar refractivity (Wildman–Crippen MR) is 120 cm³/mol. The third-order valence-electron chi connectivity index (χ3n) is 5.23. The molecule has 0 bridgehead atoms. The highest BCUT2D eigenvalue weighted by atomic mass is 19.1. The Hall–Kier alpha value is -3.80. The fraction of sp³-hybridized carbons (Fsp3) is 0.160. The monoisotopic (exact) mass is 415 g/mol. The number of rotatable bonds is 5. The molecule has 1 aromatic heterocycles. The molecular formula is C25H22FN3O2. The van der Waals surface area contributed by atoms with E-state index in [4.69, 9.17) is 9.97 Å². The molecule has 156 valence electrons. The Morgan fingerprint density at radius 2 is 1.74 bits per heavy atom. The molecule has 1 heterocycles. The molecule has 6 heteroatoms. The molecule has 1 unspecified atom stereocenters.